The molecule has 1 unspecified atom stereocenters. The molecule has 0 spiro atoms. The topological polar surface area (TPSA) is 47.1 Å². The molecule has 1 aliphatic heterocycles. The molecule has 78 valence electrons. The summed E-state index contributed by atoms with van der Waals surface area (Å²) in [6, 6.07) is 0. The first kappa shape index (κ1) is 9.52. The average Bonchev–Trinajstić information content (AvgIpc) is 2.77. The van der Waals surface area contributed by atoms with Crippen molar-refractivity contribution in [3.63, 3.8) is 0 Å². The summed E-state index contributed by atoms with van der Waals surface area (Å²) in [5.41, 5.74) is 5.72. The monoisotopic (exact) mass is 194 g/mol. The summed E-state index contributed by atoms with van der Waals surface area (Å²) in [7, 11) is 0. The maximum atomic E-state index is 5.72. The molecule has 0 amide bonds. The van der Waals surface area contributed by atoms with Crippen LogP contribution in [0.15, 0.2) is 12.4 Å². The van der Waals surface area contributed by atoms with Crippen LogP contribution in [0.1, 0.15) is 13.3 Å². The van der Waals surface area contributed by atoms with Crippen molar-refractivity contribution < 1.29 is 0 Å². The van der Waals surface area contributed by atoms with Crippen molar-refractivity contribution in [3.05, 3.63) is 12.4 Å². The molecule has 2 N–H and O–H groups in total. The molecule has 0 aromatic carbocycles. The fourth-order valence-electron chi connectivity index (χ4n) is 2.12. The first-order valence-corrected chi connectivity index (χ1v) is 5.28. The quantitative estimate of drug-likeness (QED) is 0.774. The van der Waals surface area contributed by atoms with Gasteiger partial charge in [0.05, 0.1) is 0 Å². The summed E-state index contributed by atoms with van der Waals surface area (Å²) in [5, 5.41) is 0. The Balaban J connectivity index is 1.90. The minimum atomic E-state index is 0.639. The van der Waals surface area contributed by atoms with E-state index in [2.05, 4.69) is 16.8 Å². The number of aromatic nitrogens is 2. The van der Waals surface area contributed by atoms with E-state index in [0.29, 0.717) is 5.95 Å². The summed E-state index contributed by atoms with van der Waals surface area (Å²) in [6.07, 6.45) is 5.01. The van der Waals surface area contributed by atoms with E-state index >= 15 is 0 Å². The molecule has 2 rings (SSSR count). The molecule has 4 nitrogen and oxygen atoms in total. The summed E-state index contributed by atoms with van der Waals surface area (Å²) in [5.74, 6) is 1.38. The van der Waals surface area contributed by atoms with E-state index in [9.17, 15) is 0 Å². The molecule has 1 aromatic heterocycles. The van der Waals surface area contributed by atoms with Crippen LogP contribution in [-0.4, -0.2) is 34.1 Å². The summed E-state index contributed by atoms with van der Waals surface area (Å²) in [4.78, 5) is 6.51. The first-order chi connectivity index (χ1) is 6.79. The summed E-state index contributed by atoms with van der Waals surface area (Å²) >= 11 is 0. The van der Waals surface area contributed by atoms with Gasteiger partial charge in [-0.05, 0) is 25.4 Å². The van der Waals surface area contributed by atoms with Crippen LogP contribution in [0.3, 0.4) is 0 Å². The van der Waals surface area contributed by atoms with Crippen LogP contribution in [-0.2, 0) is 6.54 Å². The molecule has 1 atom stereocenters. The normalized spacial score (nSPS) is 23.1. The van der Waals surface area contributed by atoms with Gasteiger partial charge in [-0.25, -0.2) is 4.98 Å². The number of hydrogen-bond acceptors (Lipinski definition) is 3. The molecule has 1 aliphatic rings. The van der Waals surface area contributed by atoms with E-state index in [1.165, 1.54) is 19.5 Å². The van der Waals surface area contributed by atoms with Gasteiger partial charge in [0.25, 0.3) is 0 Å². The largest absolute Gasteiger partial charge is 0.369 e. The van der Waals surface area contributed by atoms with E-state index in [4.69, 9.17) is 5.73 Å². The molecule has 4 heteroatoms. The van der Waals surface area contributed by atoms with Gasteiger partial charge >= 0.3 is 0 Å². The minimum Gasteiger partial charge on any atom is -0.369 e. The second-order valence-electron chi connectivity index (χ2n) is 3.99. The van der Waals surface area contributed by atoms with Gasteiger partial charge in [-0.3, -0.25) is 0 Å². The maximum absolute atomic E-state index is 5.72. The molecule has 2 heterocycles. The lowest BCUT2D eigenvalue weighted by molar-refractivity contribution is 0.333. The minimum absolute atomic E-state index is 0.639. The van der Waals surface area contributed by atoms with E-state index < -0.39 is 0 Å². The Labute approximate surface area is 84.7 Å². The lowest BCUT2D eigenvalue weighted by Gasteiger charge is -2.13. The molecule has 0 bridgehead atoms. The predicted octanol–water partition coefficient (Wildman–Crippen LogP) is 0.807. The fourth-order valence-corrected chi connectivity index (χ4v) is 2.12. The highest BCUT2D eigenvalue weighted by Gasteiger charge is 2.21. The second-order valence-corrected chi connectivity index (χ2v) is 3.99. The van der Waals surface area contributed by atoms with Gasteiger partial charge in [0.2, 0.25) is 0 Å². The molecule has 0 aliphatic carbocycles. The number of anilines is 1. The highest BCUT2D eigenvalue weighted by Crippen LogP contribution is 2.18. The molecule has 1 fully saturated rings. The van der Waals surface area contributed by atoms with E-state index in [-0.39, 0.29) is 0 Å². The van der Waals surface area contributed by atoms with Crippen LogP contribution in [0.2, 0.25) is 0 Å². The van der Waals surface area contributed by atoms with Crippen molar-refractivity contribution >= 4 is 5.95 Å². The third-order valence-corrected chi connectivity index (χ3v) is 3.02. The van der Waals surface area contributed by atoms with Crippen molar-refractivity contribution in [2.24, 2.45) is 5.92 Å². The van der Waals surface area contributed by atoms with Gasteiger partial charge in [-0.2, -0.15) is 0 Å². The number of imidazole rings is 1. The van der Waals surface area contributed by atoms with Gasteiger partial charge < -0.3 is 15.2 Å². The Morgan fingerprint density at radius 3 is 3.07 bits per heavy atom. The lowest BCUT2D eigenvalue weighted by Crippen LogP contribution is -2.21. The van der Waals surface area contributed by atoms with E-state index in [1.807, 2.05) is 10.8 Å². The lowest BCUT2D eigenvalue weighted by atomic mass is 10.1. The van der Waals surface area contributed by atoms with Gasteiger partial charge in [0.15, 0.2) is 5.95 Å². The summed E-state index contributed by atoms with van der Waals surface area (Å²) < 4.78 is 2.05. The third kappa shape index (κ3) is 1.90. The van der Waals surface area contributed by atoms with Gasteiger partial charge in [-0.15, -0.1) is 0 Å². The molecular weight excluding hydrogens is 176 g/mol. The SMILES string of the molecule is CCN1CCC(Cn2ccnc2N)C1. The van der Waals surface area contributed by atoms with Crippen LogP contribution in [0, 0.1) is 5.92 Å². The fraction of sp³-hybridized carbons (Fsp3) is 0.700. The van der Waals surface area contributed by atoms with Gasteiger partial charge in [-0.1, -0.05) is 6.92 Å². The number of hydrogen-bond donors (Lipinski definition) is 1. The number of nitrogens with zero attached hydrogens (tertiary/aromatic N) is 3. The van der Waals surface area contributed by atoms with Crippen molar-refractivity contribution in [2.45, 2.75) is 19.9 Å². The Bertz CT molecular complexity index is 294. The molecule has 0 saturated carbocycles. The highest BCUT2D eigenvalue weighted by molar-refractivity contribution is 5.16. The number of nitrogens with two attached hydrogens (primary N) is 1. The van der Waals surface area contributed by atoms with Crippen molar-refractivity contribution in [1.29, 1.82) is 0 Å². The molecule has 14 heavy (non-hydrogen) atoms. The molecular formula is C10H18N4. The maximum Gasteiger partial charge on any atom is 0.200 e. The Morgan fingerprint density at radius 1 is 1.64 bits per heavy atom. The molecule has 1 aromatic rings. The van der Waals surface area contributed by atoms with Gasteiger partial charge in [0, 0.05) is 25.5 Å². The van der Waals surface area contributed by atoms with Crippen LogP contribution < -0.4 is 5.73 Å². The zero-order valence-corrected chi connectivity index (χ0v) is 8.69. The van der Waals surface area contributed by atoms with Crippen LogP contribution in [0.25, 0.3) is 0 Å². The zero-order chi connectivity index (χ0) is 9.97. The Kier molecular flexibility index (Phi) is 2.72. The predicted molar refractivity (Wildman–Crippen MR) is 56.9 cm³/mol. The molecule has 0 radical (unpaired) electrons. The molecule has 1 saturated heterocycles. The smallest absolute Gasteiger partial charge is 0.200 e. The zero-order valence-electron chi connectivity index (χ0n) is 8.69. The average molecular weight is 194 g/mol. The second kappa shape index (κ2) is 4.00. The summed E-state index contributed by atoms with van der Waals surface area (Å²) in [6.45, 7) is 6.83. The third-order valence-electron chi connectivity index (χ3n) is 3.02. The highest BCUT2D eigenvalue weighted by atomic mass is 15.2. The van der Waals surface area contributed by atoms with Crippen LogP contribution in [0.5, 0.6) is 0 Å². The van der Waals surface area contributed by atoms with Gasteiger partial charge in [0.1, 0.15) is 0 Å². The first-order valence-electron chi connectivity index (χ1n) is 5.28. The van der Waals surface area contributed by atoms with Crippen LogP contribution in [0.4, 0.5) is 5.95 Å². The Hall–Kier alpha value is -1.03. The van der Waals surface area contributed by atoms with Crippen molar-refractivity contribution in [1.82, 2.24) is 14.5 Å². The number of nitrogen functional groups attached to an aromatic ring is 1. The standard InChI is InChI=1S/C10H18N4/c1-2-13-5-3-9(7-13)8-14-6-4-12-10(14)11/h4,6,9H,2-3,5,7-8H2,1H3,(H2,11,12). The van der Waals surface area contributed by atoms with Crippen molar-refractivity contribution in [3.8, 4) is 0 Å². The number of rotatable bonds is 3. The Morgan fingerprint density at radius 2 is 2.50 bits per heavy atom. The van der Waals surface area contributed by atoms with Crippen LogP contribution >= 0.6 is 0 Å². The van der Waals surface area contributed by atoms with Crippen molar-refractivity contribution in [2.75, 3.05) is 25.4 Å². The van der Waals surface area contributed by atoms with E-state index in [1.54, 1.807) is 6.20 Å². The van der Waals surface area contributed by atoms with E-state index in [0.717, 1.165) is 19.0 Å². The number of likely N-dealkylation sites (tertiary alicyclic amines) is 1.